The van der Waals surface area contributed by atoms with Crippen LogP contribution < -0.4 is 15.2 Å². The van der Waals surface area contributed by atoms with Crippen molar-refractivity contribution in [3.8, 4) is 11.5 Å². The molecule has 100 valence electrons. The van der Waals surface area contributed by atoms with E-state index < -0.39 is 0 Å². The zero-order valence-electron chi connectivity index (χ0n) is 11.3. The highest BCUT2D eigenvalue weighted by Gasteiger charge is 2.17. The molecule has 18 heavy (non-hydrogen) atoms. The third-order valence-electron chi connectivity index (χ3n) is 3.56. The maximum absolute atomic E-state index is 6.09. The summed E-state index contributed by atoms with van der Waals surface area (Å²) >= 11 is 0. The van der Waals surface area contributed by atoms with E-state index in [4.69, 9.17) is 15.2 Å². The fraction of sp³-hybridized carbons (Fsp3) is 0.600. The first-order valence-electron chi connectivity index (χ1n) is 6.81. The van der Waals surface area contributed by atoms with Gasteiger partial charge in [-0.15, -0.1) is 0 Å². The van der Waals surface area contributed by atoms with Gasteiger partial charge in [0.1, 0.15) is 0 Å². The van der Waals surface area contributed by atoms with Gasteiger partial charge in [-0.1, -0.05) is 12.5 Å². The number of methoxy groups -OCH3 is 1. The minimum atomic E-state index is 0.0182. The van der Waals surface area contributed by atoms with Gasteiger partial charge in [-0.3, -0.25) is 0 Å². The highest BCUT2D eigenvalue weighted by atomic mass is 16.5. The normalized spacial score (nSPS) is 18.4. The van der Waals surface area contributed by atoms with E-state index in [-0.39, 0.29) is 6.04 Å². The quantitative estimate of drug-likeness (QED) is 0.889. The molecule has 1 aromatic carbocycles. The molecule has 0 saturated heterocycles. The summed E-state index contributed by atoms with van der Waals surface area (Å²) in [5, 5.41) is 0. The van der Waals surface area contributed by atoms with Crippen molar-refractivity contribution in [2.75, 3.05) is 7.11 Å². The zero-order valence-corrected chi connectivity index (χ0v) is 11.3. The molecule has 0 heterocycles. The van der Waals surface area contributed by atoms with Gasteiger partial charge in [-0.05, 0) is 50.3 Å². The number of ether oxygens (including phenoxy) is 2. The summed E-state index contributed by atoms with van der Waals surface area (Å²) in [7, 11) is 1.68. The Kier molecular flexibility index (Phi) is 4.48. The van der Waals surface area contributed by atoms with Crippen molar-refractivity contribution in [3.05, 3.63) is 23.8 Å². The molecule has 2 rings (SSSR count). The van der Waals surface area contributed by atoms with E-state index in [1.165, 1.54) is 19.3 Å². The van der Waals surface area contributed by atoms with Gasteiger partial charge in [0.2, 0.25) is 0 Å². The average Bonchev–Trinajstić information content (AvgIpc) is 2.39. The molecular weight excluding hydrogens is 226 g/mol. The minimum absolute atomic E-state index is 0.0182. The van der Waals surface area contributed by atoms with Crippen LogP contribution in [0.4, 0.5) is 0 Å². The molecule has 1 fully saturated rings. The van der Waals surface area contributed by atoms with Gasteiger partial charge >= 0.3 is 0 Å². The van der Waals surface area contributed by atoms with Gasteiger partial charge in [-0.25, -0.2) is 0 Å². The molecule has 3 heteroatoms. The van der Waals surface area contributed by atoms with E-state index >= 15 is 0 Å². The lowest BCUT2D eigenvalue weighted by molar-refractivity contribution is 0.149. The van der Waals surface area contributed by atoms with Gasteiger partial charge in [0.05, 0.1) is 13.2 Å². The molecule has 0 amide bonds. The van der Waals surface area contributed by atoms with E-state index in [0.717, 1.165) is 29.9 Å². The summed E-state index contributed by atoms with van der Waals surface area (Å²) < 4.78 is 11.4. The SMILES string of the molecule is COc1ccc(C(C)N)cc1OC1CCCCC1. The molecule has 3 nitrogen and oxygen atoms in total. The highest BCUT2D eigenvalue weighted by molar-refractivity contribution is 5.43. The van der Waals surface area contributed by atoms with Crippen molar-refractivity contribution in [1.82, 2.24) is 0 Å². The Bertz CT molecular complexity index is 384. The Morgan fingerprint density at radius 1 is 1.17 bits per heavy atom. The van der Waals surface area contributed by atoms with Crippen LogP contribution in [0.1, 0.15) is 50.6 Å². The molecule has 0 aromatic heterocycles. The maximum Gasteiger partial charge on any atom is 0.161 e. The third-order valence-corrected chi connectivity index (χ3v) is 3.56. The summed E-state index contributed by atoms with van der Waals surface area (Å²) in [5.41, 5.74) is 7.00. The third kappa shape index (κ3) is 3.16. The molecule has 1 unspecified atom stereocenters. The van der Waals surface area contributed by atoms with Crippen molar-refractivity contribution < 1.29 is 9.47 Å². The van der Waals surface area contributed by atoms with Gasteiger partial charge in [0, 0.05) is 6.04 Å². The molecule has 0 bridgehead atoms. The second-order valence-electron chi connectivity index (χ2n) is 5.08. The lowest BCUT2D eigenvalue weighted by Crippen LogP contribution is -2.20. The first kappa shape index (κ1) is 13.2. The Morgan fingerprint density at radius 2 is 1.89 bits per heavy atom. The Balaban J connectivity index is 2.15. The van der Waals surface area contributed by atoms with E-state index in [0.29, 0.717) is 6.10 Å². The standard InChI is InChI=1S/C15H23NO2/c1-11(16)12-8-9-14(17-2)15(10-12)18-13-6-4-3-5-7-13/h8-11,13H,3-7,16H2,1-2H3. The van der Waals surface area contributed by atoms with E-state index in [1.54, 1.807) is 7.11 Å². The lowest BCUT2D eigenvalue weighted by Gasteiger charge is -2.24. The van der Waals surface area contributed by atoms with Crippen molar-refractivity contribution in [2.24, 2.45) is 5.73 Å². The molecule has 0 spiro atoms. The molecule has 0 radical (unpaired) electrons. The Labute approximate surface area is 109 Å². The van der Waals surface area contributed by atoms with Crippen LogP contribution in [0.15, 0.2) is 18.2 Å². The van der Waals surface area contributed by atoms with E-state index in [9.17, 15) is 0 Å². The van der Waals surface area contributed by atoms with Gasteiger partial charge in [0.25, 0.3) is 0 Å². The molecule has 1 saturated carbocycles. The first-order chi connectivity index (χ1) is 8.70. The van der Waals surface area contributed by atoms with Crippen molar-refractivity contribution in [3.63, 3.8) is 0 Å². The van der Waals surface area contributed by atoms with Gasteiger partial charge in [-0.2, -0.15) is 0 Å². The van der Waals surface area contributed by atoms with Crippen LogP contribution in [0.3, 0.4) is 0 Å². The zero-order chi connectivity index (χ0) is 13.0. The molecular formula is C15H23NO2. The highest BCUT2D eigenvalue weighted by Crippen LogP contribution is 2.33. The molecule has 1 atom stereocenters. The predicted molar refractivity (Wildman–Crippen MR) is 73.1 cm³/mol. The van der Waals surface area contributed by atoms with Crippen molar-refractivity contribution >= 4 is 0 Å². The van der Waals surface area contributed by atoms with Crippen LogP contribution in [-0.4, -0.2) is 13.2 Å². The average molecular weight is 249 g/mol. The molecule has 1 aromatic rings. The van der Waals surface area contributed by atoms with Gasteiger partial charge < -0.3 is 15.2 Å². The fourth-order valence-electron chi connectivity index (χ4n) is 2.43. The molecule has 0 aliphatic heterocycles. The largest absolute Gasteiger partial charge is 0.493 e. The minimum Gasteiger partial charge on any atom is -0.493 e. The van der Waals surface area contributed by atoms with Crippen molar-refractivity contribution in [2.45, 2.75) is 51.2 Å². The van der Waals surface area contributed by atoms with Crippen LogP contribution in [0.2, 0.25) is 0 Å². The first-order valence-corrected chi connectivity index (χ1v) is 6.81. The topological polar surface area (TPSA) is 44.5 Å². The van der Waals surface area contributed by atoms with Crippen LogP contribution in [0.5, 0.6) is 11.5 Å². The summed E-state index contributed by atoms with van der Waals surface area (Å²) in [6.45, 7) is 1.98. The van der Waals surface area contributed by atoms with Crippen LogP contribution in [0, 0.1) is 0 Å². The monoisotopic (exact) mass is 249 g/mol. The number of hydrogen-bond acceptors (Lipinski definition) is 3. The Morgan fingerprint density at radius 3 is 2.50 bits per heavy atom. The van der Waals surface area contributed by atoms with E-state index in [2.05, 4.69) is 0 Å². The van der Waals surface area contributed by atoms with Crippen LogP contribution >= 0.6 is 0 Å². The number of benzene rings is 1. The summed E-state index contributed by atoms with van der Waals surface area (Å²) in [6.07, 6.45) is 6.48. The number of rotatable bonds is 4. The Hall–Kier alpha value is -1.22. The molecule has 2 N–H and O–H groups in total. The van der Waals surface area contributed by atoms with E-state index in [1.807, 2.05) is 25.1 Å². The van der Waals surface area contributed by atoms with Crippen LogP contribution in [-0.2, 0) is 0 Å². The maximum atomic E-state index is 6.09. The van der Waals surface area contributed by atoms with Crippen molar-refractivity contribution in [1.29, 1.82) is 0 Å². The smallest absolute Gasteiger partial charge is 0.161 e. The fourth-order valence-corrected chi connectivity index (χ4v) is 2.43. The number of hydrogen-bond donors (Lipinski definition) is 1. The summed E-state index contributed by atoms with van der Waals surface area (Å²) in [5.74, 6) is 1.63. The summed E-state index contributed by atoms with van der Waals surface area (Å²) in [4.78, 5) is 0. The predicted octanol–water partition coefficient (Wildman–Crippen LogP) is 3.43. The number of nitrogens with two attached hydrogens (primary N) is 1. The lowest BCUT2D eigenvalue weighted by atomic mass is 9.97. The van der Waals surface area contributed by atoms with Crippen LogP contribution in [0.25, 0.3) is 0 Å². The molecule has 1 aliphatic rings. The van der Waals surface area contributed by atoms with Gasteiger partial charge in [0.15, 0.2) is 11.5 Å². The summed E-state index contributed by atoms with van der Waals surface area (Å²) in [6, 6.07) is 5.97. The second-order valence-corrected chi connectivity index (χ2v) is 5.08. The second kappa shape index (κ2) is 6.10. The molecule has 1 aliphatic carbocycles.